The van der Waals surface area contributed by atoms with Crippen LogP contribution in [0.15, 0.2) is 0 Å². The van der Waals surface area contributed by atoms with Crippen LogP contribution in [0.3, 0.4) is 0 Å². The number of hydrogen-bond acceptors (Lipinski definition) is 2. The van der Waals surface area contributed by atoms with Gasteiger partial charge in [0, 0.05) is 6.54 Å². The molecule has 1 heterocycles. The molecule has 1 aliphatic heterocycles. The van der Waals surface area contributed by atoms with Gasteiger partial charge in [0.15, 0.2) is 0 Å². The minimum atomic E-state index is -0.686. The molecule has 0 aromatic heterocycles. The standard InChI is InChI=1S/C16H30N2O2/c1-6-9-10-11-18-14(19)13(12(4)7-2)17-15(20)16(18,5)8-3/h12-13H,6-11H2,1-5H3,(H,17,20). The number of hydrogen-bond donors (Lipinski definition) is 1. The molecule has 4 nitrogen and oxygen atoms in total. The maximum atomic E-state index is 12.8. The van der Waals surface area contributed by atoms with Crippen LogP contribution < -0.4 is 5.32 Å². The molecule has 0 bridgehead atoms. The molecular formula is C16H30N2O2. The second-order valence-corrected chi connectivity index (χ2v) is 6.16. The Labute approximate surface area is 123 Å². The van der Waals surface area contributed by atoms with Crippen molar-refractivity contribution in [1.29, 1.82) is 0 Å². The summed E-state index contributed by atoms with van der Waals surface area (Å²) in [5, 5.41) is 2.95. The third-order valence-corrected chi connectivity index (χ3v) is 4.79. The maximum Gasteiger partial charge on any atom is 0.246 e. The topological polar surface area (TPSA) is 49.4 Å². The van der Waals surface area contributed by atoms with E-state index in [1.54, 1.807) is 0 Å². The van der Waals surface area contributed by atoms with Crippen molar-refractivity contribution in [2.75, 3.05) is 6.54 Å². The molecule has 0 aromatic rings. The summed E-state index contributed by atoms with van der Waals surface area (Å²) in [5.74, 6) is 0.280. The van der Waals surface area contributed by atoms with Crippen LogP contribution in [0.25, 0.3) is 0 Å². The van der Waals surface area contributed by atoms with Gasteiger partial charge in [-0.15, -0.1) is 0 Å². The van der Waals surface area contributed by atoms with Crippen LogP contribution in [0.1, 0.15) is 66.7 Å². The fourth-order valence-corrected chi connectivity index (χ4v) is 2.74. The molecule has 0 saturated carbocycles. The van der Waals surface area contributed by atoms with E-state index in [1.165, 1.54) is 0 Å². The van der Waals surface area contributed by atoms with Crippen molar-refractivity contribution in [3.63, 3.8) is 0 Å². The van der Waals surface area contributed by atoms with Gasteiger partial charge >= 0.3 is 0 Å². The van der Waals surface area contributed by atoms with Gasteiger partial charge < -0.3 is 10.2 Å². The second kappa shape index (κ2) is 7.09. The minimum Gasteiger partial charge on any atom is -0.342 e. The smallest absolute Gasteiger partial charge is 0.246 e. The summed E-state index contributed by atoms with van der Waals surface area (Å²) < 4.78 is 0. The Bertz CT molecular complexity index is 356. The molecule has 1 saturated heterocycles. The van der Waals surface area contributed by atoms with Crippen LogP contribution in [0.4, 0.5) is 0 Å². The van der Waals surface area contributed by atoms with Crippen LogP contribution in [0.5, 0.6) is 0 Å². The summed E-state index contributed by atoms with van der Waals surface area (Å²) in [5.41, 5.74) is -0.686. The van der Waals surface area contributed by atoms with Crippen molar-refractivity contribution < 1.29 is 9.59 Å². The molecule has 1 aliphatic rings. The van der Waals surface area contributed by atoms with E-state index >= 15 is 0 Å². The molecular weight excluding hydrogens is 252 g/mol. The van der Waals surface area contributed by atoms with Crippen LogP contribution in [0, 0.1) is 5.92 Å². The van der Waals surface area contributed by atoms with Gasteiger partial charge in [-0.05, 0) is 25.7 Å². The van der Waals surface area contributed by atoms with E-state index in [9.17, 15) is 9.59 Å². The summed E-state index contributed by atoms with van der Waals surface area (Å²) in [6.07, 6.45) is 4.73. The first-order valence-corrected chi connectivity index (χ1v) is 8.04. The summed E-state index contributed by atoms with van der Waals surface area (Å²) >= 11 is 0. The number of piperazine rings is 1. The van der Waals surface area contributed by atoms with E-state index in [1.807, 2.05) is 25.7 Å². The fraction of sp³-hybridized carbons (Fsp3) is 0.875. The molecule has 1 N–H and O–H groups in total. The largest absolute Gasteiger partial charge is 0.342 e. The highest BCUT2D eigenvalue weighted by molar-refractivity contribution is 5.99. The predicted molar refractivity (Wildman–Crippen MR) is 81.3 cm³/mol. The Hall–Kier alpha value is -1.06. The van der Waals surface area contributed by atoms with Crippen LogP contribution in [-0.2, 0) is 9.59 Å². The molecule has 0 aliphatic carbocycles. The first kappa shape index (κ1) is 17.0. The number of unbranched alkanes of at least 4 members (excludes halogenated alkanes) is 2. The van der Waals surface area contributed by atoms with E-state index in [0.717, 1.165) is 25.7 Å². The van der Waals surface area contributed by atoms with Gasteiger partial charge in [0.1, 0.15) is 11.6 Å². The quantitative estimate of drug-likeness (QED) is 0.730. The van der Waals surface area contributed by atoms with E-state index in [-0.39, 0.29) is 23.8 Å². The van der Waals surface area contributed by atoms with Gasteiger partial charge in [-0.1, -0.05) is 47.0 Å². The monoisotopic (exact) mass is 282 g/mol. The van der Waals surface area contributed by atoms with Gasteiger partial charge in [0.2, 0.25) is 11.8 Å². The van der Waals surface area contributed by atoms with Gasteiger partial charge in [-0.3, -0.25) is 9.59 Å². The summed E-state index contributed by atoms with van der Waals surface area (Å²) in [6, 6.07) is -0.353. The molecule has 3 atom stereocenters. The number of carbonyl (C=O) groups is 2. The third-order valence-electron chi connectivity index (χ3n) is 4.79. The minimum absolute atomic E-state index is 0.00129. The van der Waals surface area contributed by atoms with E-state index in [2.05, 4.69) is 19.2 Å². The molecule has 116 valence electrons. The lowest BCUT2D eigenvalue weighted by Crippen LogP contribution is -2.70. The zero-order chi connectivity index (χ0) is 15.3. The highest BCUT2D eigenvalue weighted by Crippen LogP contribution is 2.28. The number of amides is 2. The van der Waals surface area contributed by atoms with Crippen LogP contribution in [0.2, 0.25) is 0 Å². The Morgan fingerprint density at radius 1 is 1.25 bits per heavy atom. The van der Waals surface area contributed by atoms with Crippen molar-refractivity contribution in [3.05, 3.63) is 0 Å². The molecule has 2 amide bonds. The Morgan fingerprint density at radius 2 is 1.90 bits per heavy atom. The zero-order valence-electron chi connectivity index (χ0n) is 13.7. The lowest BCUT2D eigenvalue weighted by atomic mass is 9.86. The van der Waals surface area contributed by atoms with Crippen LogP contribution in [-0.4, -0.2) is 34.8 Å². The molecule has 1 fully saturated rings. The van der Waals surface area contributed by atoms with Crippen molar-refractivity contribution in [1.82, 2.24) is 10.2 Å². The zero-order valence-corrected chi connectivity index (χ0v) is 13.7. The number of nitrogens with one attached hydrogen (secondary N) is 1. The van der Waals surface area contributed by atoms with Gasteiger partial charge in [-0.2, -0.15) is 0 Å². The van der Waals surface area contributed by atoms with Crippen molar-refractivity contribution >= 4 is 11.8 Å². The van der Waals surface area contributed by atoms with Gasteiger partial charge in [-0.25, -0.2) is 0 Å². The molecule has 1 rings (SSSR count). The normalized spacial score (nSPS) is 28.4. The SMILES string of the molecule is CCCCCN1C(=O)C(C(C)CC)NC(=O)C1(C)CC. The predicted octanol–water partition coefficient (Wildman–Crippen LogP) is 2.72. The van der Waals surface area contributed by atoms with Crippen molar-refractivity contribution in [2.24, 2.45) is 5.92 Å². The first-order chi connectivity index (χ1) is 9.42. The van der Waals surface area contributed by atoms with Crippen molar-refractivity contribution in [2.45, 2.75) is 78.3 Å². The molecule has 20 heavy (non-hydrogen) atoms. The Morgan fingerprint density at radius 3 is 2.40 bits per heavy atom. The third kappa shape index (κ3) is 3.15. The highest BCUT2D eigenvalue weighted by atomic mass is 16.2. The summed E-state index contributed by atoms with van der Waals surface area (Å²) in [6.45, 7) is 10.8. The fourth-order valence-electron chi connectivity index (χ4n) is 2.74. The lowest BCUT2D eigenvalue weighted by molar-refractivity contribution is -0.158. The number of rotatable bonds is 7. The lowest BCUT2D eigenvalue weighted by Gasteiger charge is -2.47. The average Bonchev–Trinajstić information content (AvgIpc) is 2.45. The van der Waals surface area contributed by atoms with E-state index < -0.39 is 5.54 Å². The molecule has 4 heteroatoms. The maximum absolute atomic E-state index is 12.8. The summed E-state index contributed by atoms with van der Waals surface area (Å²) in [4.78, 5) is 27.0. The highest BCUT2D eigenvalue weighted by Gasteiger charge is 2.48. The molecule has 0 aromatic carbocycles. The van der Waals surface area contributed by atoms with Gasteiger partial charge in [0.05, 0.1) is 0 Å². The molecule has 3 unspecified atom stereocenters. The Kier molecular flexibility index (Phi) is 6.03. The van der Waals surface area contributed by atoms with E-state index in [0.29, 0.717) is 13.0 Å². The first-order valence-electron chi connectivity index (χ1n) is 8.04. The van der Waals surface area contributed by atoms with E-state index in [4.69, 9.17) is 0 Å². The second-order valence-electron chi connectivity index (χ2n) is 6.16. The molecule has 0 radical (unpaired) electrons. The van der Waals surface area contributed by atoms with Gasteiger partial charge in [0.25, 0.3) is 0 Å². The number of nitrogens with zero attached hydrogens (tertiary/aromatic N) is 1. The average molecular weight is 282 g/mol. The van der Waals surface area contributed by atoms with Crippen molar-refractivity contribution in [3.8, 4) is 0 Å². The number of carbonyl (C=O) groups excluding carboxylic acids is 2. The summed E-state index contributed by atoms with van der Waals surface area (Å²) in [7, 11) is 0. The Balaban J connectivity index is 2.95. The van der Waals surface area contributed by atoms with Crippen LogP contribution >= 0.6 is 0 Å². The molecule has 0 spiro atoms.